The summed E-state index contributed by atoms with van der Waals surface area (Å²) in [4.78, 5) is 14.0. The predicted molar refractivity (Wildman–Crippen MR) is 69.2 cm³/mol. The summed E-state index contributed by atoms with van der Waals surface area (Å²) in [5.41, 5.74) is 7.96. The third-order valence-electron chi connectivity index (χ3n) is 2.97. The van der Waals surface area contributed by atoms with Crippen LogP contribution >= 0.6 is 0 Å². The molecule has 0 radical (unpaired) electrons. The molecule has 5 nitrogen and oxygen atoms in total. The van der Waals surface area contributed by atoms with Crippen LogP contribution < -0.4 is 16.4 Å². The van der Waals surface area contributed by atoms with Crippen molar-refractivity contribution < 1.29 is 4.79 Å². The van der Waals surface area contributed by atoms with Crippen LogP contribution in [0, 0.1) is 0 Å². The van der Waals surface area contributed by atoms with Crippen molar-refractivity contribution in [2.75, 3.05) is 44.3 Å². The largest absolute Gasteiger partial charge is 0.397 e. The highest BCUT2D eigenvalue weighted by Crippen LogP contribution is 2.20. The zero-order valence-corrected chi connectivity index (χ0v) is 9.99. The minimum atomic E-state index is 0.0563. The summed E-state index contributed by atoms with van der Waals surface area (Å²) >= 11 is 0. The second-order valence-electron chi connectivity index (χ2n) is 4.09. The maximum Gasteiger partial charge on any atom is 0.254 e. The predicted octanol–water partition coefficient (Wildman–Crippen LogP) is 0.356. The number of hydrogen-bond donors (Lipinski definition) is 3. The van der Waals surface area contributed by atoms with Gasteiger partial charge in [-0.1, -0.05) is 0 Å². The number of piperazine rings is 1. The lowest BCUT2D eigenvalue weighted by Gasteiger charge is -2.27. The van der Waals surface area contributed by atoms with Gasteiger partial charge in [0.15, 0.2) is 0 Å². The first-order chi connectivity index (χ1) is 8.22. The molecular formula is C12H18N4O. The first kappa shape index (κ1) is 11.7. The van der Waals surface area contributed by atoms with Gasteiger partial charge in [0, 0.05) is 38.8 Å². The van der Waals surface area contributed by atoms with Crippen molar-refractivity contribution in [3.8, 4) is 0 Å². The molecular weight excluding hydrogens is 216 g/mol. The van der Waals surface area contributed by atoms with Crippen molar-refractivity contribution in [2.24, 2.45) is 0 Å². The Morgan fingerprint density at radius 2 is 2.12 bits per heavy atom. The highest BCUT2D eigenvalue weighted by atomic mass is 16.2. The molecule has 17 heavy (non-hydrogen) atoms. The van der Waals surface area contributed by atoms with Crippen molar-refractivity contribution >= 4 is 17.3 Å². The van der Waals surface area contributed by atoms with Crippen molar-refractivity contribution in [1.29, 1.82) is 0 Å². The van der Waals surface area contributed by atoms with Gasteiger partial charge in [0.25, 0.3) is 5.91 Å². The molecule has 1 heterocycles. The molecule has 4 N–H and O–H groups in total. The minimum Gasteiger partial charge on any atom is -0.397 e. The van der Waals surface area contributed by atoms with E-state index in [1.807, 2.05) is 24.1 Å². The van der Waals surface area contributed by atoms with E-state index in [4.69, 9.17) is 5.73 Å². The molecule has 1 fully saturated rings. The summed E-state index contributed by atoms with van der Waals surface area (Å²) in [7, 11) is 1.81. The molecule has 0 atom stereocenters. The second-order valence-corrected chi connectivity index (χ2v) is 4.09. The Hall–Kier alpha value is -1.75. The van der Waals surface area contributed by atoms with Gasteiger partial charge >= 0.3 is 0 Å². The molecule has 1 aromatic carbocycles. The minimum absolute atomic E-state index is 0.0563. The Morgan fingerprint density at radius 3 is 2.71 bits per heavy atom. The Balaban J connectivity index is 2.16. The lowest BCUT2D eigenvalue weighted by Crippen LogP contribution is -2.46. The number of carbonyl (C=O) groups excluding carboxylic acids is 1. The second kappa shape index (κ2) is 5.05. The molecule has 0 unspecified atom stereocenters. The van der Waals surface area contributed by atoms with Crippen molar-refractivity contribution in [3.05, 3.63) is 23.8 Å². The van der Waals surface area contributed by atoms with Gasteiger partial charge in [-0.25, -0.2) is 0 Å². The van der Waals surface area contributed by atoms with Crippen LogP contribution in [0.15, 0.2) is 18.2 Å². The highest BCUT2D eigenvalue weighted by molar-refractivity contribution is 5.96. The monoisotopic (exact) mass is 234 g/mol. The summed E-state index contributed by atoms with van der Waals surface area (Å²) in [6, 6.07) is 5.38. The number of benzene rings is 1. The summed E-state index contributed by atoms with van der Waals surface area (Å²) in [5.74, 6) is 0.0563. The lowest BCUT2D eigenvalue weighted by molar-refractivity contribution is 0.0736. The Labute approximate surface area is 101 Å². The molecule has 0 aromatic heterocycles. The Kier molecular flexibility index (Phi) is 3.49. The molecule has 5 heteroatoms. The van der Waals surface area contributed by atoms with Gasteiger partial charge in [0.1, 0.15) is 0 Å². The fraction of sp³-hybridized carbons (Fsp3) is 0.417. The van der Waals surface area contributed by atoms with Crippen LogP contribution in [0.5, 0.6) is 0 Å². The number of nitrogens with zero attached hydrogens (tertiary/aromatic N) is 1. The van der Waals surface area contributed by atoms with Crippen molar-refractivity contribution in [3.63, 3.8) is 0 Å². The lowest BCUT2D eigenvalue weighted by atomic mass is 10.1. The summed E-state index contributed by atoms with van der Waals surface area (Å²) in [6.45, 7) is 3.23. The molecule has 2 rings (SSSR count). The van der Waals surface area contributed by atoms with Crippen LogP contribution in [0.25, 0.3) is 0 Å². The average molecular weight is 234 g/mol. The zero-order chi connectivity index (χ0) is 12.3. The van der Waals surface area contributed by atoms with Crippen LogP contribution in [-0.2, 0) is 0 Å². The molecule has 1 aromatic rings. The van der Waals surface area contributed by atoms with E-state index in [-0.39, 0.29) is 5.91 Å². The van der Waals surface area contributed by atoms with Gasteiger partial charge in [0.2, 0.25) is 0 Å². The van der Waals surface area contributed by atoms with Crippen LogP contribution in [0.4, 0.5) is 11.4 Å². The van der Waals surface area contributed by atoms with Gasteiger partial charge in [-0.15, -0.1) is 0 Å². The number of anilines is 2. The van der Waals surface area contributed by atoms with Crippen LogP contribution in [-0.4, -0.2) is 44.0 Å². The summed E-state index contributed by atoms with van der Waals surface area (Å²) in [5, 5.41) is 6.20. The van der Waals surface area contributed by atoms with Gasteiger partial charge in [-0.05, 0) is 18.2 Å². The van der Waals surface area contributed by atoms with Crippen LogP contribution in [0.2, 0.25) is 0 Å². The maximum atomic E-state index is 12.2. The SMILES string of the molecule is CNc1ccc(C(=O)N2CCNCC2)cc1N. The van der Waals surface area contributed by atoms with Gasteiger partial charge in [-0.2, -0.15) is 0 Å². The summed E-state index contributed by atoms with van der Waals surface area (Å²) in [6.07, 6.45) is 0. The molecule has 1 saturated heterocycles. The van der Waals surface area contributed by atoms with E-state index in [2.05, 4.69) is 10.6 Å². The average Bonchev–Trinajstić information content (AvgIpc) is 2.39. The molecule has 0 bridgehead atoms. The van der Waals surface area contributed by atoms with E-state index in [0.717, 1.165) is 31.9 Å². The molecule has 1 aliphatic rings. The number of amides is 1. The number of nitrogens with one attached hydrogen (secondary N) is 2. The smallest absolute Gasteiger partial charge is 0.254 e. The van der Waals surface area contributed by atoms with E-state index >= 15 is 0 Å². The first-order valence-corrected chi connectivity index (χ1v) is 5.79. The van der Waals surface area contributed by atoms with E-state index in [9.17, 15) is 4.79 Å². The topological polar surface area (TPSA) is 70.4 Å². The fourth-order valence-electron chi connectivity index (χ4n) is 1.97. The number of rotatable bonds is 2. The number of nitrogens with two attached hydrogens (primary N) is 1. The highest BCUT2D eigenvalue weighted by Gasteiger charge is 2.18. The Bertz CT molecular complexity index is 413. The van der Waals surface area contributed by atoms with E-state index < -0.39 is 0 Å². The zero-order valence-electron chi connectivity index (χ0n) is 9.99. The van der Waals surface area contributed by atoms with Crippen molar-refractivity contribution in [2.45, 2.75) is 0 Å². The molecule has 1 amide bonds. The normalized spacial score (nSPS) is 15.7. The molecule has 0 aliphatic carbocycles. The number of hydrogen-bond acceptors (Lipinski definition) is 4. The standard InChI is InChI=1S/C12H18N4O/c1-14-11-3-2-9(8-10(11)13)12(17)16-6-4-15-5-7-16/h2-3,8,14-15H,4-7,13H2,1H3. The first-order valence-electron chi connectivity index (χ1n) is 5.79. The van der Waals surface area contributed by atoms with Gasteiger partial charge in [0.05, 0.1) is 11.4 Å². The molecule has 92 valence electrons. The number of carbonyl (C=O) groups is 1. The third kappa shape index (κ3) is 2.50. The molecule has 1 aliphatic heterocycles. The summed E-state index contributed by atoms with van der Waals surface area (Å²) < 4.78 is 0. The molecule has 0 spiro atoms. The molecule has 0 saturated carbocycles. The Morgan fingerprint density at radius 1 is 1.41 bits per heavy atom. The fourth-order valence-corrected chi connectivity index (χ4v) is 1.97. The maximum absolute atomic E-state index is 12.2. The van der Waals surface area contributed by atoms with Crippen LogP contribution in [0.3, 0.4) is 0 Å². The van der Waals surface area contributed by atoms with Gasteiger partial charge in [-0.3, -0.25) is 4.79 Å². The van der Waals surface area contributed by atoms with E-state index in [1.54, 1.807) is 6.07 Å². The third-order valence-corrected chi connectivity index (χ3v) is 2.97. The van der Waals surface area contributed by atoms with Crippen LogP contribution in [0.1, 0.15) is 10.4 Å². The van der Waals surface area contributed by atoms with Crippen molar-refractivity contribution in [1.82, 2.24) is 10.2 Å². The van der Waals surface area contributed by atoms with Gasteiger partial charge < -0.3 is 21.3 Å². The van der Waals surface area contributed by atoms with E-state index in [1.165, 1.54) is 0 Å². The number of nitrogen functional groups attached to an aromatic ring is 1. The van der Waals surface area contributed by atoms with E-state index in [0.29, 0.717) is 11.3 Å². The quantitative estimate of drug-likeness (QED) is 0.646.